The molecular formula is C26H24N4O4. The van der Waals surface area contributed by atoms with E-state index in [0.29, 0.717) is 24.5 Å². The van der Waals surface area contributed by atoms with Gasteiger partial charge in [0, 0.05) is 46.4 Å². The minimum atomic E-state index is -0.406. The maximum Gasteiger partial charge on any atom is 0.271 e. The van der Waals surface area contributed by atoms with Crippen LogP contribution in [0.15, 0.2) is 77.9 Å². The number of carbonyl (C=O) groups is 1. The van der Waals surface area contributed by atoms with Gasteiger partial charge in [-0.3, -0.25) is 14.9 Å². The van der Waals surface area contributed by atoms with Gasteiger partial charge < -0.3 is 9.30 Å². The Balaban J connectivity index is 1.55. The first-order valence-corrected chi connectivity index (χ1v) is 10.9. The van der Waals surface area contributed by atoms with Gasteiger partial charge in [0.15, 0.2) is 0 Å². The normalized spacial score (nSPS) is 11.1. The number of nitro benzene ring substituents is 1. The molecule has 8 nitrogen and oxygen atoms in total. The van der Waals surface area contributed by atoms with Crippen molar-refractivity contribution in [3.8, 4) is 5.75 Å². The minimum absolute atomic E-state index is 0.0638. The molecule has 0 spiro atoms. The highest BCUT2D eigenvalue weighted by atomic mass is 16.6. The molecule has 0 fully saturated rings. The van der Waals surface area contributed by atoms with Crippen molar-refractivity contribution in [3.63, 3.8) is 0 Å². The lowest BCUT2D eigenvalue weighted by molar-refractivity contribution is -0.384. The number of carbonyl (C=O) groups excluding carboxylic acids is 1. The summed E-state index contributed by atoms with van der Waals surface area (Å²) in [7, 11) is 0. The summed E-state index contributed by atoms with van der Waals surface area (Å²) in [6.45, 7) is 5.00. The van der Waals surface area contributed by atoms with Crippen molar-refractivity contribution < 1.29 is 14.5 Å². The van der Waals surface area contributed by atoms with E-state index in [1.807, 2.05) is 38.1 Å². The number of fused-ring (bicyclic) bond motifs is 1. The fourth-order valence-electron chi connectivity index (χ4n) is 3.82. The van der Waals surface area contributed by atoms with E-state index in [0.717, 1.165) is 27.7 Å². The minimum Gasteiger partial charge on any atom is -0.494 e. The number of para-hydroxylation sites is 1. The second kappa shape index (κ2) is 9.99. The first-order valence-electron chi connectivity index (χ1n) is 10.9. The number of nitrogens with zero attached hydrogens (tertiary/aromatic N) is 3. The summed E-state index contributed by atoms with van der Waals surface area (Å²) >= 11 is 0. The van der Waals surface area contributed by atoms with Crippen molar-refractivity contribution in [1.29, 1.82) is 0 Å². The standard InChI is InChI=1S/C26H24N4O4/c1-3-34-22-14-10-20(11-15-22)26(31)28-27-16-24-18(2)29(25-7-5-4-6-23(24)25)17-19-8-12-21(13-9-19)30(32)33/h4-16H,3,17H2,1-2H3,(H,28,31)/b27-16-. The zero-order chi connectivity index (χ0) is 24.1. The molecule has 3 aromatic carbocycles. The number of ether oxygens (including phenoxy) is 1. The molecule has 1 amide bonds. The third kappa shape index (κ3) is 4.80. The topological polar surface area (TPSA) is 98.8 Å². The zero-order valence-corrected chi connectivity index (χ0v) is 18.9. The molecule has 4 rings (SSSR count). The summed E-state index contributed by atoms with van der Waals surface area (Å²) in [6.07, 6.45) is 1.65. The van der Waals surface area contributed by atoms with Crippen LogP contribution in [0.3, 0.4) is 0 Å². The molecule has 8 heteroatoms. The summed E-state index contributed by atoms with van der Waals surface area (Å²) in [6, 6.07) is 21.4. The number of hydrogen-bond acceptors (Lipinski definition) is 5. The van der Waals surface area contributed by atoms with Crippen molar-refractivity contribution in [2.24, 2.45) is 5.10 Å². The lowest BCUT2D eigenvalue weighted by Crippen LogP contribution is -2.17. The molecule has 4 aromatic rings. The molecule has 0 aliphatic rings. The summed E-state index contributed by atoms with van der Waals surface area (Å²) in [5, 5.41) is 16.1. The molecular weight excluding hydrogens is 432 g/mol. The fraction of sp³-hybridized carbons (Fsp3) is 0.154. The van der Waals surface area contributed by atoms with Crippen LogP contribution in [0, 0.1) is 17.0 Å². The van der Waals surface area contributed by atoms with Crippen molar-refractivity contribution in [1.82, 2.24) is 9.99 Å². The van der Waals surface area contributed by atoms with Crippen LogP contribution in [0.4, 0.5) is 5.69 Å². The van der Waals surface area contributed by atoms with Crippen LogP contribution < -0.4 is 10.2 Å². The fourth-order valence-corrected chi connectivity index (χ4v) is 3.82. The molecule has 0 saturated carbocycles. The molecule has 0 radical (unpaired) electrons. The van der Waals surface area contributed by atoms with E-state index in [1.165, 1.54) is 12.1 Å². The Kier molecular flexibility index (Phi) is 6.68. The number of nitro groups is 1. The van der Waals surface area contributed by atoms with E-state index in [9.17, 15) is 14.9 Å². The van der Waals surface area contributed by atoms with Crippen molar-refractivity contribution in [2.45, 2.75) is 20.4 Å². The van der Waals surface area contributed by atoms with Gasteiger partial charge in [0.05, 0.1) is 17.7 Å². The summed E-state index contributed by atoms with van der Waals surface area (Å²) in [4.78, 5) is 23.0. The Hall–Kier alpha value is -4.46. The molecule has 0 atom stereocenters. The number of aromatic nitrogens is 1. The summed E-state index contributed by atoms with van der Waals surface area (Å²) in [5.74, 6) is 0.394. The van der Waals surface area contributed by atoms with Crippen LogP contribution in [0.1, 0.15) is 34.1 Å². The number of nitrogens with one attached hydrogen (secondary N) is 1. The number of benzene rings is 3. The zero-order valence-electron chi connectivity index (χ0n) is 18.9. The second-order valence-electron chi connectivity index (χ2n) is 7.68. The highest BCUT2D eigenvalue weighted by Gasteiger charge is 2.14. The molecule has 172 valence electrons. The molecule has 34 heavy (non-hydrogen) atoms. The number of rotatable bonds is 8. The quantitative estimate of drug-likeness (QED) is 0.227. The predicted octanol–water partition coefficient (Wildman–Crippen LogP) is 5.07. The van der Waals surface area contributed by atoms with Crippen LogP contribution in [0.25, 0.3) is 10.9 Å². The predicted molar refractivity (Wildman–Crippen MR) is 132 cm³/mol. The number of hydrazone groups is 1. The molecule has 0 aliphatic heterocycles. The molecule has 0 aliphatic carbocycles. The van der Waals surface area contributed by atoms with Crippen molar-refractivity contribution in [3.05, 3.63) is 105 Å². The highest BCUT2D eigenvalue weighted by Crippen LogP contribution is 2.26. The number of non-ortho nitro benzene ring substituents is 1. The van der Waals surface area contributed by atoms with Gasteiger partial charge in [-0.2, -0.15) is 5.10 Å². The number of amides is 1. The molecule has 1 heterocycles. The van der Waals surface area contributed by atoms with Crippen LogP contribution in [-0.4, -0.2) is 28.2 Å². The largest absolute Gasteiger partial charge is 0.494 e. The molecule has 1 aromatic heterocycles. The smallest absolute Gasteiger partial charge is 0.271 e. The average molecular weight is 457 g/mol. The Bertz CT molecular complexity index is 1360. The Morgan fingerprint density at radius 1 is 1.09 bits per heavy atom. The van der Waals surface area contributed by atoms with Gasteiger partial charge >= 0.3 is 0 Å². The van der Waals surface area contributed by atoms with Gasteiger partial charge in [-0.1, -0.05) is 30.3 Å². The van der Waals surface area contributed by atoms with Crippen LogP contribution in [-0.2, 0) is 6.54 Å². The van der Waals surface area contributed by atoms with E-state index < -0.39 is 4.92 Å². The second-order valence-corrected chi connectivity index (χ2v) is 7.68. The Labute approximate surface area is 196 Å². The first-order chi connectivity index (χ1) is 16.5. The van der Waals surface area contributed by atoms with Gasteiger partial charge in [0.2, 0.25) is 0 Å². The van der Waals surface area contributed by atoms with E-state index >= 15 is 0 Å². The third-order valence-corrected chi connectivity index (χ3v) is 5.55. The lowest BCUT2D eigenvalue weighted by Gasteiger charge is -2.08. The molecule has 0 bridgehead atoms. The average Bonchev–Trinajstić information content (AvgIpc) is 3.11. The van der Waals surface area contributed by atoms with E-state index in [4.69, 9.17) is 4.74 Å². The van der Waals surface area contributed by atoms with Crippen LogP contribution >= 0.6 is 0 Å². The van der Waals surface area contributed by atoms with Gasteiger partial charge in [-0.15, -0.1) is 0 Å². The maximum atomic E-state index is 12.5. The monoisotopic (exact) mass is 456 g/mol. The molecule has 0 saturated heterocycles. The highest BCUT2D eigenvalue weighted by molar-refractivity contribution is 6.02. The summed E-state index contributed by atoms with van der Waals surface area (Å²) < 4.78 is 7.53. The lowest BCUT2D eigenvalue weighted by atomic mass is 10.1. The summed E-state index contributed by atoms with van der Waals surface area (Å²) in [5.41, 5.74) is 6.95. The Morgan fingerprint density at radius 3 is 2.47 bits per heavy atom. The van der Waals surface area contributed by atoms with E-state index in [1.54, 1.807) is 42.6 Å². The van der Waals surface area contributed by atoms with Crippen molar-refractivity contribution >= 4 is 28.7 Å². The molecule has 0 unspecified atom stereocenters. The van der Waals surface area contributed by atoms with Crippen LogP contribution in [0.2, 0.25) is 0 Å². The van der Waals surface area contributed by atoms with E-state index in [2.05, 4.69) is 15.1 Å². The van der Waals surface area contributed by atoms with Gasteiger partial charge in [0.25, 0.3) is 11.6 Å². The SMILES string of the molecule is CCOc1ccc(C(=O)N/N=C\c2c(C)n(Cc3ccc([N+](=O)[O-])cc3)c3ccccc23)cc1. The van der Waals surface area contributed by atoms with Crippen LogP contribution in [0.5, 0.6) is 5.75 Å². The Morgan fingerprint density at radius 2 is 1.79 bits per heavy atom. The maximum absolute atomic E-state index is 12.5. The van der Waals surface area contributed by atoms with Crippen molar-refractivity contribution in [2.75, 3.05) is 6.61 Å². The van der Waals surface area contributed by atoms with Gasteiger partial charge in [0.1, 0.15) is 5.75 Å². The van der Waals surface area contributed by atoms with Gasteiger partial charge in [-0.05, 0) is 49.7 Å². The number of hydrogen-bond donors (Lipinski definition) is 1. The van der Waals surface area contributed by atoms with E-state index in [-0.39, 0.29) is 11.6 Å². The first kappa shape index (κ1) is 22.7. The van der Waals surface area contributed by atoms with Gasteiger partial charge in [-0.25, -0.2) is 5.43 Å². The molecule has 1 N–H and O–H groups in total. The third-order valence-electron chi connectivity index (χ3n) is 5.55.